The summed E-state index contributed by atoms with van der Waals surface area (Å²) in [5.74, 6) is -5.10. The van der Waals surface area contributed by atoms with Crippen LogP contribution in [-0.2, 0) is 50.3 Å². The zero-order valence-electron chi connectivity index (χ0n) is 38.8. The van der Waals surface area contributed by atoms with Crippen molar-refractivity contribution in [3.05, 3.63) is 241 Å². The van der Waals surface area contributed by atoms with Gasteiger partial charge in [0.1, 0.15) is 11.6 Å². The summed E-state index contributed by atoms with van der Waals surface area (Å²) in [4.78, 5) is 0. The number of hydrogen-bond acceptors (Lipinski definition) is 6. The molecule has 0 fully saturated rings. The van der Waals surface area contributed by atoms with E-state index in [9.17, 15) is 48.3 Å². The Balaban J connectivity index is 0.000000160. The average molecular weight is 1450 g/mol. The summed E-state index contributed by atoms with van der Waals surface area (Å²) in [6, 6.07) is 46.1. The number of fused-ring (bicyclic) bond motifs is 4. The van der Waals surface area contributed by atoms with Crippen molar-refractivity contribution in [1.29, 1.82) is 0 Å². The second-order valence-electron chi connectivity index (χ2n) is 15.6. The molecule has 404 valence electrons. The number of aromatic nitrogens is 8. The molecule has 0 aliphatic rings. The van der Waals surface area contributed by atoms with E-state index in [1.807, 2.05) is 72.8 Å². The molecule has 11 nitrogen and oxygen atoms in total. The van der Waals surface area contributed by atoms with E-state index < -0.39 is 62.2 Å². The molecule has 0 aliphatic carbocycles. The van der Waals surface area contributed by atoms with Crippen molar-refractivity contribution >= 4 is 32.2 Å². The second-order valence-corrected chi connectivity index (χ2v) is 17.0. The molecule has 0 unspecified atom stereocenters. The Labute approximate surface area is 461 Å². The fourth-order valence-electron chi connectivity index (χ4n) is 6.87. The van der Waals surface area contributed by atoms with Crippen LogP contribution in [0.3, 0.4) is 0 Å². The van der Waals surface area contributed by atoms with Crippen LogP contribution < -0.4 is 0 Å². The molecule has 0 saturated heterocycles. The van der Waals surface area contributed by atoms with Crippen LogP contribution in [0.25, 0.3) is 67.1 Å². The van der Waals surface area contributed by atoms with Gasteiger partial charge in [-0.1, -0.05) is 77.4 Å². The minimum Gasteiger partial charge on any atom is -0.279 e. The molecule has 8 aromatic heterocycles. The van der Waals surface area contributed by atoms with Crippen LogP contribution in [0.15, 0.2) is 176 Å². The summed E-state index contributed by atoms with van der Waals surface area (Å²) in [6.45, 7) is 0. The van der Waals surface area contributed by atoms with Gasteiger partial charge in [0.15, 0.2) is 0 Å². The monoisotopic (exact) mass is 1450 g/mol. The number of hydrogen-bond donors (Lipinski definition) is 1. The second kappa shape index (κ2) is 25.5. The first-order valence-corrected chi connectivity index (χ1v) is 23.0. The van der Waals surface area contributed by atoms with Gasteiger partial charge in [-0.05, 0) is 66.7 Å². The van der Waals surface area contributed by atoms with Crippen molar-refractivity contribution < 1.29 is 101 Å². The maximum absolute atomic E-state index is 13.6. The molecule has 0 aliphatic heterocycles. The predicted octanol–water partition coefficient (Wildman–Crippen LogP) is 12.9. The van der Waals surface area contributed by atoms with Gasteiger partial charge in [-0.3, -0.25) is 44.4 Å². The number of alkyl halides is 3. The van der Waals surface area contributed by atoms with Crippen LogP contribution in [-0.4, -0.2) is 56.9 Å². The first-order valence-electron chi connectivity index (χ1n) is 21.6. The normalized spacial score (nSPS) is 11.0. The van der Waals surface area contributed by atoms with Crippen molar-refractivity contribution in [2.45, 2.75) is 5.51 Å². The molecule has 0 bridgehead atoms. The summed E-state index contributed by atoms with van der Waals surface area (Å²) in [5.41, 5.74) is 0.512. The SMILES string of the molecule is Fc1c[c-]c(-c2cc3ccccn3n2)c(F)c1.Fc1c[c-]c(-c2cc3ccccn3n2)c(F)c1.Fc1c[c-]c(-c2cc3ccccn3n2)c(F)c1.Fc1ccc(-c2cc3ccccn3n2)c(F)c1.O=S(=O)(O)C(F)(F)F.[Ir].[Ir]. The molecule has 2 radical (unpaired) electrons. The Kier molecular flexibility index (Phi) is 19.4. The van der Waals surface area contributed by atoms with E-state index in [-0.39, 0.29) is 56.9 Å². The van der Waals surface area contributed by atoms with E-state index in [2.05, 4.69) is 38.6 Å². The third-order valence-corrected chi connectivity index (χ3v) is 10.9. The Morgan fingerprint density at radius 3 is 0.949 bits per heavy atom. The fourth-order valence-corrected chi connectivity index (χ4v) is 6.87. The van der Waals surface area contributed by atoms with Crippen molar-refractivity contribution in [2.75, 3.05) is 0 Å². The number of nitrogens with zero attached hydrogens (tertiary/aromatic N) is 8. The molecule has 0 amide bonds. The topological polar surface area (TPSA) is 124 Å². The van der Waals surface area contributed by atoms with Gasteiger partial charge in [0.2, 0.25) is 0 Å². The zero-order valence-corrected chi connectivity index (χ0v) is 44.4. The summed E-state index contributed by atoms with van der Waals surface area (Å²) >= 11 is 0. The van der Waals surface area contributed by atoms with E-state index in [0.717, 1.165) is 64.5 Å². The number of halogens is 11. The summed E-state index contributed by atoms with van der Waals surface area (Å²) in [5, 5.41) is 16.8. The molecule has 12 aromatic rings. The molecule has 4 aromatic carbocycles. The molecule has 1 N–H and O–H groups in total. The zero-order chi connectivity index (χ0) is 54.3. The number of pyridine rings is 4. The van der Waals surface area contributed by atoms with E-state index >= 15 is 0 Å². The number of benzene rings is 4. The molecule has 8 heterocycles. The van der Waals surface area contributed by atoms with Gasteiger partial charge >= 0.3 is 15.6 Å². The van der Waals surface area contributed by atoms with Gasteiger partial charge in [0, 0.05) is 129 Å². The molecule has 25 heteroatoms. The maximum Gasteiger partial charge on any atom is 0.522 e. The molecule has 78 heavy (non-hydrogen) atoms. The van der Waals surface area contributed by atoms with Gasteiger partial charge in [-0.15, -0.1) is 36.4 Å². The van der Waals surface area contributed by atoms with Gasteiger partial charge in [-0.2, -0.15) is 26.7 Å². The predicted molar refractivity (Wildman–Crippen MR) is 256 cm³/mol. The van der Waals surface area contributed by atoms with Crippen LogP contribution in [0.1, 0.15) is 0 Å². The largest absolute Gasteiger partial charge is 0.522 e. The third kappa shape index (κ3) is 14.6. The van der Waals surface area contributed by atoms with Crippen LogP contribution in [0.4, 0.5) is 48.3 Å². The minimum atomic E-state index is -5.84. The molecule has 0 spiro atoms. The molecule has 0 saturated carbocycles. The third-order valence-electron chi connectivity index (χ3n) is 10.3. The van der Waals surface area contributed by atoms with Crippen LogP contribution in [0.2, 0.25) is 0 Å². The molecule has 0 atom stereocenters. The van der Waals surface area contributed by atoms with Crippen LogP contribution >= 0.6 is 0 Å². The summed E-state index contributed by atoms with van der Waals surface area (Å²) < 4.78 is 169. The number of rotatable bonds is 4. The van der Waals surface area contributed by atoms with E-state index in [1.165, 1.54) is 12.1 Å². The van der Waals surface area contributed by atoms with Crippen molar-refractivity contribution in [3.63, 3.8) is 0 Å². The summed E-state index contributed by atoms with van der Waals surface area (Å²) in [7, 11) is -5.84. The fraction of sp³-hybridized carbons (Fsp3) is 0.0189. The Morgan fingerprint density at radius 1 is 0.397 bits per heavy atom. The van der Waals surface area contributed by atoms with E-state index in [0.29, 0.717) is 28.3 Å². The minimum absolute atomic E-state index is 0. The molecular weight excluding hydrogens is 1420 g/mol. The van der Waals surface area contributed by atoms with Gasteiger partial charge in [0.25, 0.3) is 0 Å². The average Bonchev–Trinajstić information content (AvgIpc) is 4.21. The van der Waals surface area contributed by atoms with E-state index in [4.69, 9.17) is 13.0 Å². The van der Waals surface area contributed by atoms with Gasteiger partial charge < -0.3 is 0 Å². The van der Waals surface area contributed by atoms with Crippen molar-refractivity contribution in [2.24, 2.45) is 0 Å². The smallest absolute Gasteiger partial charge is 0.279 e. The van der Waals surface area contributed by atoms with Crippen molar-refractivity contribution in [1.82, 2.24) is 38.5 Å². The maximum atomic E-state index is 13.6. The standard InChI is InChI=1S/C13H8F2N2.3C13H7F2N2.CHF3O3S.2Ir/c4*14-9-4-5-11(12(15)7-9)13-8-10-3-1-2-6-17(10)16-13;2-1(3,4)8(5,6)7;;/h1-8H;3*1-4,6-8H;(H,5,6,7);;/q;3*-1;;;. The van der Waals surface area contributed by atoms with Crippen molar-refractivity contribution in [3.8, 4) is 45.0 Å². The van der Waals surface area contributed by atoms with Crippen LogP contribution in [0, 0.1) is 64.7 Å². The van der Waals surface area contributed by atoms with Crippen LogP contribution in [0.5, 0.6) is 0 Å². The van der Waals surface area contributed by atoms with E-state index in [1.54, 1.807) is 67.1 Å². The first kappa shape index (κ1) is 59.3. The molecule has 12 rings (SSSR count). The Hall–Kier alpha value is -7.92. The Morgan fingerprint density at radius 2 is 0.679 bits per heavy atom. The van der Waals surface area contributed by atoms with Gasteiger partial charge in [-0.25, -0.2) is 28.6 Å². The Bertz CT molecular complexity index is 3520. The first-order chi connectivity index (χ1) is 36.2. The summed E-state index contributed by atoms with van der Waals surface area (Å²) in [6.07, 6.45) is 7.07. The quantitative estimate of drug-likeness (QED) is 0.0805. The van der Waals surface area contributed by atoms with Gasteiger partial charge in [0.05, 0.1) is 27.8 Å². The molecular formula is C53H30F11Ir2N8O3S-3.